The van der Waals surface area contributed by atoms with Gasteiger partial charge in [-0.2, -0.15) is 0 Å². The summed E-state index contributed by atoms with van der Waals surface area (Å²) in [6, 6.07) is 27.6. The molecule has 0 unspecified atom stereocenters. The molecule has 5 heterocycles. The van der Waals surface area contributed by atoms with Gasteiger partial charge < -0.3 is 20.1 Å². The van der Waals surface area contributed by atoms with E-state index in [0.717, 1.165) is 46.5 Å². The lowest BCUT2D eigenvalue weighted by molar-refractivity contribution is -0.190. The number of nitrogens with one attached hydrogen (secondary N) is 2. The summed E-state index contributed by atoms with van der Waals surface area (Å²) in [5, 5.41) is 6.55. The highest BCUT2D eigenvalue weighted by atomic mass is 16.5. The molecule has 0 aromatic heterocycles. The summed E-state index contributed by atoms with van der Waals surface area (Å²) in [7, 11) is 3.31. The molecule has 0 bridgehead atoms. The van der Waals surface area contributed by atoms with Gasteiger partial charge in [0.05, 0.1) is 26.3 Å². The fourth-order valence-electron chi connectivity index (χ4n) is 9.05. The van der Waals surface area contributed by atoms with Crippen molar-refractivity contribution in [3.63, 3.8) is 0 Å². The largest absolute Gasteiger partial charge is 0.497 e. The standard InChI is InChI=1S/C36H32N4O4/c1-43-23-11-13-29-27(19-23)35(33(41)37-29)31-25-9-5-3-7-21(25)16-18-40(31)36(28-20-24(44-2)12-14-30(28)38-34(36)42)32-26-10-6-4-8-22(26)15-17-39(32)35/h3-14,19-20,31-32H,15-18H2,1-2H3,(H,37,41)(H,38,42)/t31-,32-,35+,36+/m1/s1. The van der Waals surface area contributed by atoms with E-state index in [9.17, 15) is 9.59 Å². The monoisotopic (exact) mass is 584 g/mol. The first-order valence-corrected chi connectivity index (χ1v) is 15.2. The molecule has 0 saturated carbocycles. The Hall–Kier alpha value is -4.66. The fourth-order valence-corrected chi connectivity index (χ4v) is 9.05. The van der Waals surface area contributed by atoms with E-state index in [2.05, 4.69) is 56.8 Å². The Balaban J connectivity index is 1.43. The van der Waals surface area contributed by atoms with Gasteiger partial charge in [0.1, 0.15) is 22.6 Å². The number of piperazine rings is 1. The van der Waals surface area contributed by atoms with Crippen LogP contribution in [0.1, 0.15) is 45.5 Å². The van der Waals surface area contributed by atoms with Crippen LogP contribution in [-0.2, 0) is 33.5 Å². The van der Waals surface area contributed by atoms with E-state index in [1.807, 2.05) is 48.5 Å². The van der Waals surface area contributed by atoms with E-state index < -0.39 is 23.2 Å². The van der Waals surface area contributed by atoms with Gasteiger partial charge in [0.15, 0.2) is 0 Å². The maximum Gasteiger partial charge on any atom is 0.251 e. The molecular weight excluding hydrogens is 552 g/mol. The number of methoxy groups -OCH3 is 2. The highest BCUT2D eigenvalue weighted by Crippen LogP contribution is 2.67. The van der Waals surface area contributed by atoms with Crippen molar-refractivity contribution in [1.29, 1.82) is 0 Å². The minimum Gasteiger partial charge on any atom is -0.497 e. The molecule has 4 aromatic rings. The number of hydrogen-bond acceptors (Lipinski definition) is 6. The Morgan fingerprint density at radius 2 is 1.07 bits per heavy atom. The van der Waals surface area contributed by atoms with Crippen LogP contribution in [0.3, 0.4) is 0 Å². The van der Waals surface area contributed by atoms with Gasteiger partial charge in [0, 0.05) is 35.6 Å². The quantitative estimate of drug-likeness (QED) is 0.349. The lowest BCUT2D eigenvalue weighted by Crippen LogP contribution is -2.75. The van der Waals surface area contributed by atoms with Crippen LogP contribution in [0.25, 0.3) is 0 Å². The van der Waals surface area contributed by atoms with Gasteiger partial charge >= 0.3 is 0 Å². The molecule has 2 spiro atoms. The summed E-state index contributed by atoms with van der Waals surface area (Å²) in [6.45, 7) is 1.21. The molecule has 5 aliphatic heterocycles. The predicted octanol–water partition coefficient (Wildman–Crippen LogP) is 4.91. The molecule has 44 heavy (non-hydrogen) atoms. The van der Waals surface area contributed by atoms with Crippen molar-refractivity contribution in [1.82, 2.24) is 9.80 Å². The first-order chi connectivity index (χ1) is 21.5. The Kier molecular flexibility index (Phi) is 5.24. The van der Waals surface area contributed by atoms with Crippen molar-refractivity contribution < 1.29 is 19.1 Å². The number of hydrogen-bond donors (Lipinski definition) is 2. The summed E-state index contributed by atoms with van der Waals surface area (Å²) in [5.41, 5.74) is 5.65. The average Bonchev–Trinajstić information content (AvgIpc) is 3.52. The molecular formula is C36H32N4O4. The number of carbonyl (C=O) groups is 2. The number of amides is 2. The minimum atomic E-state index is -1.12. The summed E-state index contributed by atoms with van der Waals surface area (Å²) < 4.78 is 11.5. The first kappa shape index (κ1) is 25.8. The third-order valence-corrected chi connectivity index (χ3v) is 10.7. The number of ether oxygens (including phenoxy) is 2. The van der Waals surface area contributed by atoms with Gasteiger partial charge in [-0.15, -0.1) is 0 Å². The Bertz CT molecular complexity index is 1770. The number of fused-ring (bicyclic) bond motifs is 14. The van der Waals surface area contributed by atoms with Crippen LogP contribution in [0.5, 0.6) is 11.5 Å². The van der Waals surface area contributed by atoms with E-state index in [0.29, 0.717) is 24.6 Å². The zero-order chi connectivity index (χ0) is 29.8. The summed E-state index contributed by atoms with van der Waals surface area (Å²) in [4.78, 5) is 34.6. The van der Waals surface area contributed by atoms with E-state index in [1.165, 1.54) is 11.1 Å². The second-order valence-electron chi connectivity index (χ2n) is 12.4. The second-order valence-corrected chi connectivity index (χ2v) is 12.4. The van der Waals surface area contributed by atoms with Crippen molar-refractivity contribution in [3.8, 4) is 11.5 Å². The van der Waals surface area contributed by atoms with Crippen LogP contribution >= 0.6 is 0 Å². The molecule has 4 aromatic carbocycles. The van der Waals surface area contributed by atoms with Gasteiger partial charge in [-0.05, 0) is 71.5 Å². The van der Waals surface area contributed by atoms with Crippen LogP contribution in [0.4, 0.5) is 11.4 Å². The third kappa shape index (κ3) is 2.95. The molecule has 4 atom stereocenters. The highest BCUT2D eigenvalue weighted by molar-refractivity contribution is 6.10. The molecule has 0 radical (unpaired) electrons. The van der Waals surface area contributed by atoms with Crippen molar-refractivity contribution >= 4 is 23.2 Å². The zero-order valence-electron chi connectivity index (χ0n) is 24.6. The Labute approximate surface area is 255 Å². The van der Waals surface area contributed by atoms with Crippen LogP contribution < -0.4 is 20.1 Å². The second kappa shape index (κ2) is 8.94. The molecule has 1 fully saturated rings. The first-order valence-electron chi connectivity index (χ1n) is 15.2. The predicted molar refractivity (Wildman–Crippen MR) is 166 cm³/mol. The normalized spacial score (nSPS) is 27.9. The van der Waals surface area contributed by atoms with Crippen molar-refractivity contribution in [3.05, 3.63) is 118 Å². The molecule has 2 N–H and O–H groups in total. The van der Waals surface area contributed by atoms with E-state index in [-0.39, 0.29) is 11.8 Å². The lowest BCUT2D eigenvalue weighted by Gasteiger charge is -2.66. The average molecular weight is 585 g/mol. The zero-order valence-corrected chi connectivity index (χ0v) is 24.6. The van der Waals surface area contributed by atoms with Crippen LogP contribution in [0, 0.1) is 0 Å². The van der Waals surface area contributed by atoms with Crippen molar-refractivity contribution in [2.45, 2.75) is 36.0 Å². The molecule has 8 nitrogen and oxygen atoms in total. The maximum absolute atomic E-state index is 14.9. The van der Waals surface area contributed by atoms with Crippen LogP contribution in [-0.4, -0.2) is 48.9 Å². The van der Waals surface area contributed by atoms with Gasteiger partial charge in [-0.25, -0.2) is 0 Å². The summed E-state index contributed by atoms with van der Waals surface area (Å²) in [6.07, 6.45) is 1.52. The van der Waals surface area contributed by atoms with Gasteiger partial charge in [0.2, 0.25) is 0 Å². The van der Waals surface area contributed by atoms with E-state index in [4.69, 9.17) is 9.47 Å². The van der Waals surface area contributed by atoms with Crippen molar-refractivity contribution in [2.24, 2.45) is 0 Å². The number of nitrogens with zero attached hydrogens (tertiary/aromatic N) is 2. The van der Waals surface area contributed by atoms with Crippen LogP contribution in [0.15, 0.2) is 84.9 Å². The molecule has 2 amide bonds. The Morgan fingerprint density at radius 1 is 0.636 bits per heavy atom. The van der Waals surface area contributed by atoms with E-state index >= 15 is 0 Å². The molecule has 9 rings (SSSR count). The van der Waals surface area contributed by atoms with Gasteiger partial charge in [0.25, 0.3) is 11.8 Å². The molecule has 5 aliphatic rings. The lowest BCUT2D eigenvalue weighted by atomic mass is 9.62. The Morgan fingerprint density at radius 3 is 1.50 bits per heavy atom. The number of carbonyl (C=O) groups excluding carboxylic acids is 2. The number of benzene rings is 4. The molecule has 8 heteroatoms. The number of rotatable bonds is 2. The third-order valence-electron chi connectivity index (χ3n) is 10.7. The van der Waals surface area contributed by atoms with Gasteiger partial charge in [-0.1, -0.05) is 48.5 Å². The topological polar surface area (TPSA) is 83.1 Å². The SMILES string of the molecule is COc1ccc2c(c1)[C@@]1(C(=O)N2)[C@H]2c3ccccc3CCN2[C@]2(C(=O)Nc3ccc(OC)cc32)[C@H]2c3ccccc3CCN21. The fraction of sp³-hybridized carbons (Fsp3) is 0.278. The summed E-state index contributed by atoms with van der Waals surface area (Å²) in [5.74, 6) is 1.24. The van der Waals surface area contributed by atoms with E-state index in [1.54, 1.807) is 14.2 Å². The minimum absolute atomic E-state index is 0.0732. The maximum atomic E-state index is 14.9. The van der Waals surface area contributed by atoms with Crippen LogP contribution in [0.2, 0.25) is 0 Å². The van der Waals surface area contributed by atoms with Gasteiger partial charge in [-0.3, -0.25) is 19.4 Å². The molecule has 1 saturated heterocycles. The molecule has 220 valence electrons. The van der Waals surface area contributed by atoms with Crippen molar-refractivity contribution in [2.75, 3.05) is 37.9 Å². The molecule has 0 aliphatic carbocycles. The smallest absolute Gasteiger partial charge is 0.251 e. The number of anilines is 2. The highest BCUT2D eigenvalue weighted by Gasteiger charge is 2.74. The summed E-state index contributed by atoms with van der Waals surface area (Å²) >= 11 is 0.